The van der Waals surface area contributed by atoms with Crippen LogP contribution in [0.4, 0.5) is 20.2 Å². The minimum atomic E-state index is -4.19. The number of para-hydroxylation sites is 1. The van der Waals surface area contributed by atoms with Crippen LogP contribution in [0.15, 0.2) is 65.6 Å². The highest BCUT2D eigenvalue weighted by atomic mass is 32.2. The van der Waals surface area contributed by atoms with E-state index in [1.54, 1.807) is 0 Å². The fourth-order valence-corrected chi connectivity index (χ4v) is 3.81. The third kappa shape index (κ3) is 4.86. The van der Waals surface area contributed by atoms with Crippen LogP contribution >= 0.6 is 0 Å². The van der Waals surface area contributed by atoms with Crippen LogP contribution in [0.1, 0.15) is 26.3 Å². The maximum Gasteiger partial charge on any atom is 0.262 e. The zero-order valence-electron chi connectivity index (χ0n) is 16.1. The number of nitrogens with one attached hydrogen (secondary N) is 2. The summed E-state index contributed by atoms with van der Waals surface area (Å²) in [4.78, 5) is 23.7. The number of nitrogens with two attached hydrogens (primary N) is 1. The molecule has 0 bridgehead atoms. The van der Waals surface area contributed by atoms with Gasteiger partial charge in [-0.05, 0) is 49.4 Å². The molecule has 160 valence electrons. The molecule has 0 fully saturated rings. The zero-order valence-corrected chi connectivity index (χ0v) is 17.0. The van der Waals surface area contributed by atoms with E-state index in [-0.39, 0.29) is 33.0 Å². The van der Waals surface area contributed by atoms with E-state index in [0.717, 1.165) is 18.2 Å². The third-order valence-corrected chi connectivity index (χ3v) is 5.76. The van der Waals surface area contributed by atoms with Gasteiger partial charge in [0, 0.05) is 22.4 Å². The second-order valence-electron chi connectivity index (χ2n) is 6.56. The molecule has 10 heteroatoms. The van der Waals surface area contributed by atoms with Crippen LogP contribution in [-0.4, -0.2) is 20.2 Å². The van der Waals surface area contributed by atoms with Gasteiger partial charge >= 0.3 is 0 Å². The smallest absolute Gasteiger partial charge is 0.262 e. The van der Waals surface area contributed by atoms with Crippen molar-refractivity contribution in [3.05, 3.63) is 89.0 Å². The van der Waals surface area contributed by atoms with Crippen molar-refractivity contribution in [2.45, 2.75) is 11.8 Å². The molecule has 0 spiro atoms. The van der Waals surface area contributed by atoms with Gasteiger partial charge in [-0.3, -0.25) is 14.3 Å². The van der Waals surface area contributed by atoms with Crippen molar-refractivity contribution in [3.8, 4) is 0 Å². The maximum atomic E-state index is 14.0. The number of primary amides is 1. The Kier molecular flexibility index (Phi) is 6.02. The quantitative estimate of drug-likeness (QED) is 0.539. The maximum absolute atomic E-state index is 14.0. The Morgan fingerprint density at radius 1 is 0.871 bits per heavy atom. The number of hydrogen-bond donors (Lipinski definition) is 3. The van der Waals surface area contributed by atoms with E-state index in [2.05, 4.69) is 10.0 Å². The van der Waals surface area contributed by atoms with Crippen LogP contribution in [0.2, 0.25) is 0 Å². The molecule has 31 heavy (non-hydrogen) atoms. The highest BCUT2D eigenvalue weighted by Crippen LogP contribution is 2.23. The fraction of sp³-hybridized carbons (Fsp3) is 0.0476. The molecule has 3 aromatic carbocycles. The molecule has 3 rings (SSSR count). The number of carbonyl (C=O) groups excluding carboxylic acids is 2. The molecule has 0 unspecified atom stereocenters. The van der Waals surface area contributed by atoms with Gasteiger partial charge in [0.1, 0.15) is 11.6 Å². The van der Waals surface area contributed by atoms with Crippen LogP contribution < -0.4 is 15.8 Å². The van der Waals surface area contributed by atoms with Crippen molar-refractivity contribution >= 4 is 33.2 Å². The number of hydrogen-bond acceptors (Lipinski definition) is 4. The Morgan fingerprint density at radius 3 is 2.26 bits per heavy atom. The molecule has 0 saturated heterocycles. The highest BCUT2D eigenvalue weighted by Gasteiger charge is 2.19. The summed E-state index contributed by atoms with van der Waals surface area (Å²) in [5, 5.41) is 2.44. The first-order valence-corrected chi connectivity index (χ1v) is 10.4. The molecule has 0 saturated carbocycles. The van der Waals surface area contributed by atoms with Gasteiger partial charge in [0.15, 0.2) is 0 Å². The first-order chi connectivity index (χ1) is 14.6. The lowest BCUT2D eigenvalue weighted by Crippen LogP contribution is -2.18. The predicted molar refractivity (Wildman–Crippen MR) is 111 cm³/mol. The number of anilines is 2. The second-order valence-corrected chi connectivity index (χ2v) is 8.24. The SMILES string of the molecule is Cc1c(F)cc(C(N)=O)cc1NC(=O)c1cccc(S(=O)(=O)Nc2ccccc2F)c1. The van der Waals surface area contributed by atoms with Gasteiger partial charge in [-0.1, -0.05) is 18.2 Å². The highest BCUT2D eigenvalue weighted by molar-refractivity contribution is 7.92. The molecular formula is C21H17F2N3O4S. The molecule has 0 aliphatic rings. The summed E-state index contributed by atoms with van der Waals surface area (Å²) in [6.07, 6.45) is 0. The van der Waals surface area contributed by atoms with Crippen molar-refractivity contribution in [2.24, 2.45) is 5.73 Å². The first-order valence-electron chi connectivity index (χ1n) is 8.87. The summed E-state index contributed by atoms with van der Waals surface area (Å²) in [5.41, 5.74) is 4.82. The van der Waals surface area contributed by atoms with Crippen LogP contribution in [0.3, 0.4) is 0 Å². The van der Waals surface area contributed by atoms with Gasteiger partial charge in [0.05, 0.1) is 10.6 Å². The van der Waals surface area contributed by atoms with Gasteiger partial charge in [-0.15, -0.1) is 0 Å². The van der Waals surface area contributed by atoms with Crippen molar-refractivity contribution in [3.63, 3.8) is 0 Å². The fourth-order valence-electron chi connectivity index (χ4n) is 2.70. The van der Waals surface area contributed by atoms with Crippen molar-refractivity contribution in [2.75, 3.05) is 10.0 Å². The van der Waals surface area contributed by atoms with E-state index in [1.165, 1.54) is 49.4 Å². The van der Waals surface area contributed by atoms with Crippen molar-refractivity contribution in [1.82, 2.24) is 0 Å². The normalized spacial score (nSPS) is 11.1. The summed E-state index contributed by atoms with van der Waals surface area (Å²) in [6, 6.07) is 12.4. The van der Waals surface area contributed by atoms with Gasteiger partial charge in [0.2, 0.25) is 5.91 Å². The second kappa shape index (κ2) is 8.52. The number of rotatable bonds is 6. The molecule has 0 heterocycles. The number of benzene rings is 3. The Hall–Kier alpha value is -3.79. The lowest BCUT2D eigenvalue weighted by atomic mass is 10.1. The summed E-state index contributed by atoms with van der Waals surface area (Å²) in [6.45, 7) is 1.40. The molecule has 0 atom stereocenters. The molecular weight excluding hydrogens is 428 g/mol. The largest absolute Gasteiger partial charge is 0.366 e. The molecule has 0 aliphatic carbocycles. The molecule has 4 N–H and O–H groups in total. The van der Waals surface area contributed by atoms with Crippen molar-refractivity contribution in [1.29, 1.82) is 0 Å². The molecule has 3 aromatic rings. The Balaban J connectivity index is 1.89. The Labute approximate surface area is 176 Å². The Morgan fingerprint density at radius 2 is 1.58 bits per heavy atom. The van der Waals surface area contributed by atoms with Crippen molar-refractivity contribution < 1.29 is 26.8 Å². The van der Waals surface area contributed by atoms with Gasteiger partial charge in [0.25, 0.3) is 15.9 Å². The van der Waals surface area contributed by atoms with E-state index >= 15 is 0 Å². The predicted octanol–water partition coefficient (Wildman–Crippen LogP) is 3.43. The summed E-state index contributed by atoms with van der Waals surface area (Å²) in [7, 11) is -4.19. The molecule has 0 aromatic heterocycles. The number of amides is 2. The monoisotopic (exact) mass is 445 g/mol. The summed E-state index contributed by atoms with van der Waals surface area (Å²) >= 11 is 0. The van der Waals surface area contributed by atoms with Crippen LogP contribution in [0, 0.1) is 18.6 Å². The summed E-state index contributed by atoms with van der Waals surface area (Å²) < 4.78 is 55.1. The van der Waals surface area contributed by atoms with E-state index in [9.17, 15) is 26.8 Å². The molecule has 7 nitrogen and oxygen atoms in total. The standard InChI is InChI=1S/C21H17F2N3O4S/c1-12-17(23)10-14(20(24)27)11-19(12)25-21(28)13-5-4-6-15(9-13)31(29,30)26-18-8-3-2-7-16(18)22/h2-11,26H,1H3,(H2,24,27)(H,25,28). The lowest BCUT2D eigenvalue weighted by molar-refractivity contribution is 0.0995. The number of sulfonamides is 1. The number of halogens is 2. The first kappa shape index (κ1) is 21.9. The number of carbonyl (C=O) groups is 2. The van der Waals surface area contributed by atoms with E-state index in [4.69, 9.17) is 5.73 Å². The third-order valence-electron chi connectivity index (χ3n) is 4.40. The molecule has 2 amide bonds. The van der Waals surface area contributed by atoms with Crippen LogP contribution in [0.5, 0.6) is 0 Å². The average Bonchev–Trinajstić information content (AvgIpc) is 2.72. The minimum absolute atomic E-state index is 0.0107. The average molecular weight is 445 g/mol. The van der Waals surface area contributed by atoms with Gasteiger partial charge in [-0.2, -0.15) is 0 Å². The Bertz CT molecular complexity index is 1290. The minimum Gasteiger partial charge on any atom is -0.366 e. The van der Waals surface area contributed by atoms with Gasteiger partial charge < -0.3 is 11.1 Å². The summed E-state index contributed by atoms with van der Waals surface area (Å²) in [5.74, 6) is -3.11. The lowest BCUT2D eigenvalue weighted by Gasteiger charge is -2.12. The molecule has 0 aliphatic heterocycles. The molecule has 0 radical (unpaired) electrons. The topological polar surface area (TPSA) is 118 Å². The zero-order chi connectivity index (χ0) is 22.8. The van der Waals surface area contributed by atoms with Gasteiger partial charge in [-0.25, -0.2) is 17.2 Å². The van der Waals surface area contributed by atoms with Crippen LogP contribution in [-0.2, 0) is 10.0 Å². The van der Waals surface area contributed by atoms with E-state index in [1.807, 2.05) is 0 Å². The van der Waals surface area contributed by atoms with Crippen LogP contribution in [0.25, 0.3) is 0 Å². The van der Waals surface area contributed by atoms with E-state index < -0.39 is 33.5 Å². The van der Waals surface area contributed by atoms with E-state index in [0.29, 0.717) is 0 Å².